The SMILES string of the molecule is NC(=O)c1ccc(N[C@H]2CC[C@H](N)CC2)c(Cl)c1F. The van der Waals surface area contributed by atoms with Crippen molar-refractivity contribution in [3.8, 4) is 0 Å². The van der Waals surface area contributed by atoms with Gasteiger partial charge in [0, 0.05) is 12.1 Å². The summed E-state index contributed by atoms with van der Waals surface area (Å²) in [6.07, 6.45) is 3.74. The van der Waals surface area contributed by atoms with E-state index in [-0.39, 0.29) is 22.7 Å². The Hall–Kier alpha value is -1.33. The van der Waals surface area contributed by atoms with Gasteiger partial charge in [0.15, 0.2) is 5.82 Å². The Morgan fingerprint density at radius 2 is 1.95 bits per heavy atom. The summed E-state index contributed by atoms with van der Waals surface area (Å²) in [4.78, 5) is 11.0. The van der Waals surface area contributed by atoms with Crippen LogP contribution < -0.4 is 16.8 Å². The van der Waals surface area contributed by atoms with Gasteiger partial charge in [-0.25, -0.2) is 4.39 Å². The van der Waals surface area contributed by atoms with E-state index in [1.807, 2.05) is 0 Å². The second-order valence-corrected chi connectivity index (χ2v) is 5.29. The molecule has 1 aromatic rings. The Balaban J connectivity index is 2.13. The van der Waals surface area contributed by atoms with Crippen molar-refractivity contribution in [2.75, 3.05) is 5.32 Å². The number of primary amides is 1. The Kier molecular flexibility index (Phi) is 4.27. The highest BCUT2D eigenvalue weighted by atomic mass is 35.5. The Labute approximate surface area is 116 Å². The molecule has 0 saturated heterocycles. The van der Waals surface area contributed by atoms with Gasteiger partial charge in [-0.3, -0.25) is 4.79 Å². The van der Waals surface area contributed by atoms with Crippen molar-refractivity contribution in [2.24, 2.45) is 11.5 Å². The molecule has 6 heteroatoms. The number of carbonyl (C=O) groups is 1. The van der Waals surface area contributed by atoms with Gasteiger partial charge in [0.05, 0.1) is 11.3 Å². The topological polar surface area (TPSA) is 81.1 Å². The van der Waals surface area contributed by atoms with E-state index in [2.05, 4.69) is 5.32 Å². The third-order valence-electron chi connectivity index (χ3n) is 3.48. The number of amides is 1. The summed E-state index contributed by atoms with van der Waals surface area (Å²) in [7, 11) is 0. The third kappa shape index (κ3) is 3.16. The molecule has 1 amide bonds. The molecule has 0 atom stereocenters. The molecule has 2 rings (SSSR count). The lowest BCUT2D eigenvalue weighted by atomic mass is 9.91. The molecule has 4 nitrogen and oxygen atoms in total. The Bertz CT molecular complexity index is 487. The summed E-state index contributed by atoms with van der Waals surface area (Å²) >= 11 is 5.92. The fourth-order valence-corrected chi connectivity index (χ4v) is 2.55. The summed E-state index contributed by atoms with van der Waals surface area (Å²) in [5, 5.41) is 3.11. The van der Waals surface area contributed by atoms with Crippen LogP contribution in [0.4, 0.5) is 10.1 Å². The molecule has 0 radical (unpaired) electrons. The van der Waals surface area contributed by atoms with E-state index < -0.39 is 11.7 Å². The van der Waals surface area contributed by atoms with Crippen LogP contribution in [-0.2, 0) is 0 Å². The highest BCUT2D eigenvalue weighted by Gasteiger charge is 2.21. The van der Waals surface area contributed by atoms with E-state index >= 15 is 0 Å². The summed E-state index contributed by atoms with van der Waals surface area (Å²) in [5.41, 5.74) is 11.2. The van der Waals surface area contributed by atoms with E-state index in [0.29, 0.717) is 5.69 Å². The minimum absolute atomic E-state index is 0.0915. The van der Waals surface area contributed by atoms with Crippen LogP contribution in [-0.4, -0.2) is 18.0 Å². The highest BCUT2D eigenvalue weighted by Crippen LogP contribution is 2.30. The van der Waals surface area contributed by atoms with Gasteiger partial charge in [-0.05, 0) is 37.8 Å². The number of benzene rings is 1. The molecule has 19 heavy (non-hydrogen) atoms. The van der Waals surface area contributed by atoms with Crippen molar-refractivity contribution < 1.29 is 9.18 Å². The van der Waals surface area contributed by atoms with Gasteiger partial charge < -0.3 is 16.8 Å². The fraction of sp³-hybridized carbons (Fsp3) is 0.462. The Morgan fingerprint density at radius 1 is 1.32 bits per heavy atom. The summed E-state index contributed by atoms with van der Waals surface area (Å²) in [5.74, 6) is -1.60. The second-order valence-electron chi connectivity index (χ2n) is 4.91. The van der Waals surface area contributed by atoms with Crippen molar-refractivity contribution in [1.29, 1.82) is 0 Å². The molecule has 0 spiro atoms. The molecule has 5 N–H and O–H groups in total. The first-order valence-corrected chi connectivity index (χ1v) is 6.66. The molecule has 1 saturated carbocycles. The number of hydrogen-bond acceptors (Lipinski definition) is 3. The van der Waals surface area contributed by atoms with E-state index in [9.17, 15) is 9.18 Å². The zero-order valence-electron chi connectivity index (χ0n) is 10.5. The van der Waals surface area contributed by atoms with Gasteiger partial charge in [-0.2, -0.15) is 0 Å². The van der Waals surface area contributed by atoms with Crippen LogP contribution >= 0.6 is 11.6 Å². The summed E-state index contributed by atoms with van der Waals surface area (Å²) in [6.45, 7) is 0. The number of nitrogens with two attached hydrogens (primary N) is 2. The van der Waals surface area contributed by atoms with Crippen LogP contribution in [0.15, 0.2) is 12.1 Å². The minimum atomic E-state index is -0.824. The Morgan fingerprint density at radius 3 is 2.53 bits per heavy atom. The molecule has 0 aromatic heterocycles. The van der Waals surface area contributed by atoms with Gasteiger partial charge in [0.2, 0.25) is 0 Å². The van der Waals surface area contributed by atoms with Gasteiger partial charge in [-0.15, -0.1) is 0 Å². The van der Waals surface area contributed by atoms with Crippen LogP contribution in [0.25, 0.3) is 0 Å². The minimum Gasteiger partial charge on any atom is -0.381 e. The highest BCUT2D eigenvalue weighted by molar-refractivity contribution is 6.33. The lowest BCUT2D eigenvalue weighted by molar-refractivity contribution is 0.0996. The molecule has 1 aliphatic rings. The van der Waals surface area contributed by atoms with E-state index in [1.54, 1.807) is 6.07 Å². The predicted molar refractivity (Wildman–Crippen MR) is 73.8 cm³/mol. The normalized spacial score (nSPS) is 23.1. The lowest BCUT2D eigenvalue weighted by Gasteiger charge is -2.28. The van der Waals surface area contributed by atoms with Crippen LogP contribution in [0.1, 0.15) is 36.0 Å². The first-order valence-electron chi connectivity index (χ1n) is 6.29. The number of hydrogen-bond donors (Lipinski definition) is 3. The molecule has 1 aliphatic carbocycles. The summed E-state index contributed by atoms with van der Waals surface area (Å²) in [6, 6.07) is 3.42. The molecule has 1 aromatic carbocycles. The predicted octanol–water partition coefficient (Wildman–Crippen LogP) is 2.26. The number of nitrogens with one attached hydrogen (secondary N) is 1. The number of halogens is 2. The maximum atomic E-state index is 13.8. The first kappa shape index (κ1) is 14.1. The maximum absolute atomic E-state index is 13.8. The van der Waals surface area contributed by atoms with Gasteiger partial charge in [0.1, 0.15) is 5.02 Å². The third-order valence-corrected chi connectivity index (χ3v) is 3.85. The monoisotopic (exact) mass is 285 g/mol. The van der Waals surface area contributed by atoms with Crippen LogP contribution in [0.3, 0.4) is 0 Å². The van der Waals surface area contributed by atoms with E-state index in [4.69, 9.17) is 23.1 Å². The van der Waals surface area contributed by atoms with Crippen LogP contribution in [0, 0.1) is 5.82 Å². The van der Waals surface area contributed by atoms with Crippen molar-refractivity contribution >= 4 is 23.2 Å². The molecule has 0 unspecified atom stereocenters. The van der Waals surface area contributed by atoms with Crippen LogP contribution in [0.5, 0.6) is 0 Å². The number of carbonyl (C=O) groups excluding carboxylic acids is 1. The lowest BCUT2D eigenvalue weighted by Crippen LogP contribution is -2.32. The molecular formula is C13H17ClFN3O. The van der Waals surface area contributed by atoms with Gasteiger partial charge >= 0.3 is 0 Å². The zero-order chi connectivity index (χ0) is 14.0. The van der Waals surface area contributed by atoms with E-state index in [0.717, 1.165) is 25.7 Å². The molecule has 0 heterocycles. The average molecular weight is 286 g/mol. The zero-order valence-corrected chi connectivity index (χ0v) is 11.2. The molecule has 0 aliphatic heterocycles. The maximum Gasteiger partial charge on any atom is 0.251 e. The van der Waals surface area contributed by atoms with Crippen molar-refractivity contribution in [1.82, 2.24) is 0 Å². The number of rotatable bonds is 3. The molecular weight excluding hydrogens is 269 g/mol. The van der Waals surface area contributed by atoms with Gasteiger partial charge in [-0.1, -0.05) is 11.6 Å². The largest absolute Gasteiger partial charge is 0.381 e. The fourth-order valence-electron chi connectivity index (χ4n) is 2.33. The molecule has 0 bridgehead atoms. The van der Waals surface area contributed by atoms with Crippen LogP contribution in [0.2, 0.25) is 5.02 Å². The molecule has 1 fully saturated rings. The number of anilines is 1. The van der Waals surface area contributed by atoms with Gasteiger partial charge in [0.25, 0.3) is 5.91 Å². The van der Waals surface area contributed by atoms with Crippen molar-refractivity contribution in [3.05, 3.63) is 28.5 Å². The summed E-state index contributed by atoms with van der Waals surface area (Å²) < 4.78 is 13.8. The molecule has 104 valence electrons. The van der Waals surface area contributed by atoms with Crippen molar-refractivity contribution in [3.63, 3.8) is 0 Å². The van der Waals surface area contributed by atoms with E-state index in [1.165, 1.54) is 6.07 Å². The second kappa shape index (κ2) is 5.75. The smallest absolute Gasteiger partial charge is 0.251 e. The first-order chi connectivity index (χ1) is 8.99. The standard InChI is InChI=1S/C13H17ClFN3O/c14-11-10(6-5-9(12(11)15)13(17)19)18-8-3-1-7(16)2-4-8/h5-8,18H,1-4,16H2,(H2,17,19)/t7-,8-. The average Bonchev–Trinajstić information content (AvgIpc) is 2.37. The quantitative estimate of drug-likeness (QED) is 0.797. The van der Waals surface area contributed by atoms with Crippen molar-refractivity contribution in [2.45, 2.75) is 37.8 Å².